The lowest BCUT2D eigenvalue weighted by molar-refractivity contribution is -0.166. The summed E-state index contributed by atoms with van der Waals surface area (Å²) in [6.07, 6.45) is 0. The molecule has 0 amide bonds. The van der Waals surface area contributed by atoms with Gasteiger partial charge in [0.1, 0.15) is 5.75 Å². The van der Waals surface area contributed by atoms with Crippen LogP contribution in [-0.2, 0) is 23.9 Å². The number of methoxy groups -OCH3 is 2. The molecule has 6 heteroatoms. The molecular weight excluding hydrogens is 264 g/mol. The van der Waals surface area contributed by atoms with Gasteiger partial charge >= 0.3 is 17.9 Å². The predicted octanol–water partition coefficient (Wildman–Crippen LogP) is 1.19. The first-order chi connectivity index (χ1) is 9.51. The molecule has 108 valence electrons. The van der Waals surface area contributed by atoms with Crippen molar-refractivity contribution in [3.8, 4) is 5.75 Å². The second kappa shape index (κ2) is 7.28. The van der Waals surface area contributed by atoms with E-state index in [1.807, 2.05) is 0 Å². The van der Waals surface area contributed by atoms with Crippen molar-refractivity contribution in [2.75, 3.05) is 14.2 Å². The number of benzene rings is 1. The van der Waals surface area contributed by atoms with E-state index in [1.165, 1.54) is 6.92 Å². The third kappa shape index (κ3) is 3.81. The van der Waals surface area contributed by atoms with Gasteiger partial charge in [0, 0.05) is 0 Å². The first-order valence-electron chi connectivity index (χ1n) is 5.93. The van der Waals surface area contributed by atoms with Crippen LogP contribution in [-0.4, -0.2) is 32.1 Å². The fourth-order valence-electron chi connectivity index (χ4n) is 1.59. The Kier molecular flexibility index (Phi) is 5.71. The van der Waals surface area contributed by atoms with Crippen LogP contribution in [0.1, 0.15) is 6.92 Å². The van der Waals surface area contributed by atoms with Crippen LogP contribution in [0.4, 0.5) is 0 Å². The zero-order valence-electron chi connectivity index (χ0n) is 11.5. The highest BCUT2D eigenvalue weighted by atomic mass is 16.6. The molecule has 0 radical (unpaired) electrons. The number of ether oxygens (including phenoxy) is 3. The van der Waals surface area contributed by atoms with Gasteiger partial charge in [0.15, 0.2) is 5.92 Å². The van der Waals surface area contributed by atoms with E-state index in [0.717, 1.165) is 14.2 Å². The van der Waals surface area contributed by atoms with Crippen molar-refractivity contribution >= 4 is 17.9 Å². The predicted molar refractivity (Wildman–Crippen MR) is 68.8 cm³/mol. The molecule has 0 aromatic heterocycles. The number of hydrogen-bond acceptors (Lipinski definition) is 6. The number of rotatable bonds is 5. The maximum atomic E-state index is 12.0. The third-order valence-corrected chi connectivity index (χ3v) is 2.74. The molecule has 0 N–H and O–H groups in total. The monoisotopic (exact) mass is 280 g/mol. The molecule has 1 rings (SSSR count). The summed E-state index contributed by atoms with van der Waals surface area (Å²) >= 11 is 0. The summed E-state index contributed by atoms with van der Waals surface area (Å²) in [5.41, 5.74) is 0. The average Bonchev–Trinajstić information content (AvgIpc) is 2.47. The van der Waals surface area contributed by atoms with E-state index in [1.54, 1.807) is 30.3 Å². The highest BCUT2D eigenvalue weighted by Gasteiger charge is 2.39. The van der Waals surface area contributed by atoms with E-state index in [0.29, 0.717) is 5.75 Å². The molecule has 0 unspecified atom stereocenters. The second-order valence-corrected chi connectivity index (χ2v) is 4.05. The second-order valence-electron chi connectivity index (χ2n) is 4.05. The topological polar surface area (TPSA) is 78.9 Å². The van der Waals surface area contributed by atoms with Crippen LogP contribution in [0.5, 0.6) is 5.75 Å². The Morgan fingerprint density at radius 1 is 0.900 bits per heavy atom. The van der Waals surface area contributed by atoms with E-state index in [-0.39, 0.29) is 0 Å². The van der Waals surface area contributed by atoms with E-state index >= 15 is 0 Å². The van der Waals surface area contributed by atoms with E-state index < -0.39 is 29.7 Å². The molecule has 1 atom stereocenters. The molecule has 20 heavy (non-hydrogen) atoms. The maximum Gasteiger partial charge on any atom is 0.320 e. The Balaban J connectivity index is 2.83. The smallest absolute Gasteiger partial charge is 0.320 e. The first-order valence-corrected chi connectivity index (χ1v) is 5.93. The first kappa shape index (κ1) is 15.7. The lowest BCUT2D eigenvalue weighted by Crippen LogP contribution is -2.37. The summed E-state index contributed by atoms with van der Waals surface area (Å²) in [6, 6.07) is 8.36. The van der Waals surface area contributed by atoms with Crippen molar-refractivity contribution in [3.63, 3.8) is 0 Å². The van der Waals surface area contributed by atoms with Crippen LogP contribution in [0.15, 0.2) is 30.3 Å². The lowest BCUT2D eigenvalue weighted by Gasteiger charge is -2.18. The van der Waals surface area contributed by atoms with Crippen LogP contribution in [0.25, 0.3) is 0 Å². The number of carbonyl (C=O) groups excluding carboxylic acids is 3. The molecule has 0 fully saturated rings. The molecule has 1 aromatic rings. The summed E-state index contributed by atoms with van der Waals surface area (Å²) < 4.78 is 14.1. The number of carbonyl (C=O) groups is 3. The quantitative estimate of drug-likeness (QED) is 0.458. The van der Waals surface area contributed by atoms with Crippen molar-refractivity contribution < 1.29 is 28.6 Å². The largest absolute Gasteiger partial charge is 0.468 e. The van der Waals surface area contributed by atoms with Gasteiger partial charge in [0.2, 0.25) is 0 Å². The van der Waals surface area contributed by atoms with E-state index in [9.17, 15) is 14.4 Å². The molecule has 6 nitrogen and oxygen atoms in total. The zero-order valence-corrected chi connectivity index (χ0v) is 11.5. The third-order valence-electron chi connectivity index (χ3n) is 2.74. The molecular formula is C14H16O6. The summed E-state index contributed by atoms with van der Waals surface area (Å²) in [7, 11) is 2.26. The highest BCUT2D eigenvalue weighted by Crippen LogP contribution is 2.19. The van der Waals surface area contributed by atoms with Gasteiger partial charge in [-0.15, -0.1) is 0 Å². The Bertz CT molecular complexity index is 466. The summed E-state index contributed by atoms with van der Waals surface area (Å²) in [5.74, 6) is -4.42. The fourth-order valence-corrected chi connectivity index (χ4v) is 1.59. The normalized spacial score (nSPS) is 11.6. The van der Waals surface area contributed by atoms with E-state index in [2.05, 4.69) is 9.47 Å². The molecule has 0 saturated heterocycles. The Morgan fingerprint density at radius 3 is 1.85 bits per heavy atom. The highest BCUT2D eigenvalue weighted by molar-refractivity contribution is 5.99. The van der Waals surface area contributed by atoms with Gasteiger partial charge in [-0.05, 0) is 12.1 Å². The minimum absolute atomic E-state index is 0.331. The number of esters is 3. The Hall–Kier alpha value is -2.37. The van der Waals surface area contributed by atoms with Gasteiger partial charge < -0.3 is 14.2 Å². The SMILES string of the molecule is COC(=O)C(C(=O)OC)[C@H](C)C(=O)Oc1ccccc1. The van der Waals surface area contributed by atoms with Gasteiger partial charge in [-0.25, -0.2) is 0 Å². The summed E-state index contributed by atoms with van der Waals surface area (Å²) in [5, 5.41) is 0. The Labute approximate surface area is 116 Å². The Morgan fingerprint density at radius 2 is 1.40 bits per heavy atom. The molecule has 0 aliphatic carbocycles. The summed E-state index contributed by atoms with van der Waals surface area (Å²) in [6.45, 7) is 1.41. The van der Waals surface area contributed by atoms with Gasteiger partial charge in [-0.1, -0.05) is 25.1 Å². The number of hydrogen-bond donors (Lipinski definition) is 0. The van der Waals surface area contributed by atoms with Crippen molar-refractivity contribution in [1.82, 2.24) is 0 Å². The molecule has 0 saturated carbocycles. The van der Waals surface area contributed by atoms with Crippen LogP contribution < -0.4 is 4.74 Å². The average molecular weight is 280 g/mol. The van der Waals surface area contributed by atoms with E-state index in [4.69, 9.17) is 4.74 Å². The molecule has 1 aromatic carbocycles. The van der Waals surface area contributed by atoms with Gasteiger partial charge in [0.05, 0.1) is 20.1 Å². The van der Waals surface area contributed by atoms with Crippen molar-refractivity contribution in [3.05, 3.63) is 30.3 Å². The fraction of sp³-hybridized carbons (Fsp3) is 0.357. The molecule has 0 aliphatic rings. The van der Waals surface area contributed by atoms with Gasteiger partial charge in [-0.2, -0.15) is 0 Å². The van der Waals surface area contributed by atoms with Crippen LogP contribution >= 0.6 is 0 Å². The lowest BCUT2D eigenvalue weighted by atomic mass is 9.94. The minimum Gasteiger partial charge on any atom is -0.468 e. The van der Waals surface area contributed by atoms with Crippen LogP contribution in [0.3, 0.4) is 0 Å². The van der Waals surface area contributed by atoms with Crippen molar-refractivity contribution in [1.29, 1.82) is 0 Å². The van der Waals surface area contributed by atoms with Crippen molar-refractivity contribution in [2.45, 2.75) is 6.92 Å². The summed E-state index contributed by atoms with van der Waals surface area (Å²) in [4.78, 5) is 35.1. The molecule has 0 heterocycles. The van der Waals surface area contributed by atoms with Crippen molar-refractivity contribution in [2.24, 2.45) is 11.8 Å². The van der Waals surface area contributed by atoms with Gasteiger partial charge in [0.25, 0.3) is 0 Å². The zero-order chi connectivity index (χ0) is 15.1. The molecule has 0 spiro atoms. The standard InChI is InChI=1S/C14H16O6/c1-9(11(13(16)18-2)14(17)19-3)12(15)20-10-7-5-4-6-8-10/h4-9,11H,1-3H3/t9-/m0/s1. The molecule has 0 bridgehead atoms. The molecule has 0 aliphatic heterocycles. The van der Waals surface area contributed by atoms with Crippen LogP contribution in [0.2, 0.25) is 0 Å². The van der Waals surface area contributed by atoms with Gasteiger partial charge in [-0.3, -0.25) is 14.4 Å². The minimum atomic E-state index is -1.35. The maximum absolute atomic E-state index is 12.0. The number of para-hydroxylation sites is 1. The van der Waals surface area contributed by atoms with Crippen LogP contribution in [0, 0.1) is 11.8 Å².